The normalized spacial score (nSPS) is 26.6. The van der Waals surface area contributed by atoms with Gasteiger partial charge in [0, 0.05) is 6.54 Å². The Balaban J connectivity index is 1.79. The zero-order valence-electron chi connectivity index (χ0n) is 8.75. The van der Waals surface area contributed by atoms with Crippen LogP contribution in [0.2, 0.25) is 0 Å². The fraction of sp³-hybridized carbons (Fsp3) is 0.909. The molecule has 2 fully saturated rings. The zero-order chi connectivity index (χ0) is 10.2. The summed E-state index contributed by atoms with van der Waals surface area (Å²) in [5, 5.41) is 12.2. The van der Waals surface area contributed by atoms with Crippen molar-refractivity contribution in [2.45, 2.75) is 45.1 Å². The molecule has 14 heavy (non-hydrogen) atoms. The highest BCUT2D eigenvalue weighted by Crippen LogP contribution is 2.40. The topological polar surface area (TPSA) is 49.3 Å². The summed E-state index contributed by atoms with van der Waals surface area (Å²) in [4.78, 5) is 10.9. The summed E-state index contributed by atoms with van der Waals surface area (Å²) in [6.07, 6.45) is 5.97. The number of carbonyl (C=O) groups is 1. The van der Waals surface area contributed by atoms with Gasteiger partial charge < -0.3 is 10.4 Å². The van der Waals surface area contributed by atoms with Crippen LogP contribution in [-0.2, 0) is 4.79 Å². The third kappa shape index (κ3) is 2.08. The van der Waals surface area contributed by atoms with Gasteiger partial charge in [0.05, 0.1) is 0 Å². The van der Waals surface area contributed by atoms with Gasteiger partial charge in [-0.2, -0.15) is 0 Å². The van der Waals surface area contributed by atoms with Crippen LogP contribution in [0.25, 0.3) is 0 Å². The van der Waals surface area contributed by atoms with E-state index < -0.39 is 5.97 Å². The molecule has 0 bridgehead atoms. The van der Waals surface area contributed by atoms with Gasteiger partial charge in [-0.05, 0) is 37.0 Å². The number of carboxylic acid groups (broad SMARTS) is 1. The summed E-state index contributed by atoms with van der Waals surface area (Å²) in [7, 11) is 0. The van der Waals surface area contributed by atoms with Crippen LogP contribution in [0.4, 0.5) is 0 Å². The highest BCUT2D eigenvalue weighted by atomic mass is 16.4. The van der Waals surface area contributed by atoms with E-state index in [4.69, 9.17) is 5.11 Å². The number of hydrogen-bond donors (Lipinski definition) is 2. The minimum Gasteiger partial charge on any atom is -0.480 e. The predicted octanol–water partition coefficient (Wildman–Crippen LogP) is 1.63. The number of nitrogens with one attached hydrogen (secondary N) is 1. The molecule has 1 unspecified atom stereocenters. The molecule has 2 N–H and O–H groups in total. The van der Waals surface area contributed by atoms with Crippen LogP contribution < -0.4 is 5.32 Å². The van der Waals surface area contributed by atoms with Crippen LogP contribution in [-0.4, -0.2) is 23.7 Å². The Hall–Kier alpha value is -0.570. The summed E-state index contributed by atoms with van der Waals surface area (Å²) in [6, 6.07) is -0.285. The average Bonchev–Trinajstić information content (AvgIpc) is 2.84. The molecule has 3 heteroatoms. The molecule has 2 saturated carbocycles. The van der Waals surface area contributed by atoms with Gasteiger partial charge in [0.15, 0.2) is 0 Å². The quantitative estimate of drug-likeness (QED) is 0.704. The third-order valence-corrected chi connectivity index (χ3v) is 3.67. The van der Waals surface area contributed by atoms with E-state index in [1.165, 1.54) is 19.3 Å². The standard InChI is InChI=1S/C11H19NO2/c1-11(5-2-6-11)7-12-9(10(13)14)8-3-4-8/h8-9,12H,2-7H2,1H3,(H,13,14). The fourth-order valence-corrected chi connectivity index (χ4v) is 2.20. The number of rotatable bonds is 5. The zero-order valence-corrected chi connectivity index (χ0v) is 8.75. The van der Waals surface area contributed by atoms with E-state index >= 15 is 0 Å². The highest BCUT2D eigenvalue weighted by molar-refractivity contribution is 5.74. The van der Waals surface area contributed by atoms with E-state index in [0.29, 0.717) is 11.3 Å². The van der Waals surface area contributed by atoms with E-state index in [1.54, 1.807) is 0 Å². The molecule has 0 aromatic heterocycles. The largest absolute Gasteiger partial charge is 0.480 e. The first-order valence-corrected chi connectivity index (χ1v) is 5.57. The van der Waals surface area contributed by atoms with Crippen molar-refractivity contribution < 1.29 is 9.90 Å². The van der Waals surface area contributed by atoms with Gasteiger partial charge in [-0.1, -0.05) is 13.3 Å². The van der Waals surface area contributed by atoms with Crippen molar-refractivity contribution in [3.05, 3.63) is 0 Å². The van der Waals surface area contributed by atoms with Gasteiger partial charge in [-0.25, -0.2) is 0 Å². The van der Waals surface area contributed by atoms with E-state index in [0.717, 1.165) is 19.4 Å². The van der Waals surface area contributed by atoms with Crippen LogP contribution in [0.15, 0.2) is 0 Å². The second-order valence-corrected chi connectivity index (χ2v) is 5.20. The Morgan fingerprint density at radius 3 is 2.57 bits per heavy atom. The van der Waals surface area contributed by atoms with Gasteiger partial charge in [0.1, 0.15) is 6.04 Å². The Morgan fingerprint density at radius 1 is 1.57 bits per heavy atom. The predicted molar refractivity (Wildman–Crippen MR) is 54.1 cm³/mol. The second kappa shape index (κ2) is 3.54. The Morgan fingerprint density at radius 2 is 2.21 bits per heavy atom. The van der Waals surface area contributed by atoms with Crippen molar-refractivity contribution >= 4 is 5.97 Å². The molecular weight excluding hydrogens is 178 g/mol. The SMILES string of the molecule is CC1(CNC(C(=O)O)C2CC2)CCC1. The van der Waals surface area contributed by atoms with Crippen LogP contribution in [0, 0.1) is 11.3 Å². The van der Waals surface area contributed by atoms with Crippen molar-refractivity contribution in [2.24, 2.45) is 11.3 Å². The molecule has 80 valence electrons. The first-order valence-electron chi connectivity index (χ1n) is 5.57. The lowest BCUT2D eigenvalue weighted by Gasteiger charge is -2.39. The lowest BCUT2D eigenvalue weighted by atomic mass is 9.70. The Labute approximate surface area is 84.9 Å². The number of hydrogen-bond acceptors (Lipinski definition) is 2. The summed E-state index contributed by atoms with van der Waals surface area (Å²) < 4.78 is 0. The fourth-order valence-electron chi connectivity index (χ4n) is 2.20. The molecule has 0 amide bonds. The maximum absolute atomic E-state index is 10.9. The molecule has 0 aromatic carbocycles. The first-order chi connectivity index (χ1) is 6.61. The minimum absolute atomic E-state index is 0.285. The maximum Gasteiger partial charge on any atom is 0.320 e. The van der Waals surface area contributed by atoms with Crippen LogP contribution >= 0.6 is 0 Å². The van der Waals surface area contributed by atoms with Crippen LogP contribution in [0.1, 0.15) is 39.0 Å². The number of aliphatic carboxylic acids is 1. The van der Waals surface area contributed by atoms with Crippen molar-refractivity contribution in [1.82, 2.24) is 5.32 Å². The Kier molecular flexibility index (Phi) is 2.52. The molecular formula is C11H19NO2. The van der Waals surface area contributed by atoms with E-state index in [-0.39, 0.29) is 6.04 Å². The molecule has 0 aromatic rings. The number of carboxylic acids is 1. The van der Waals surface area contributed by atoms with Gasteiger partial charge in [-0.3, -0.25) is 4.79 Å². The van der Waals surface area contributed by atoms with E-state index in [1.807, 2.05) is 0 Å². The van der Waals surface area contributed by atoms with Gasteiger partial charge in [0.2, 0.25) is 0 Å². The molecule has 3 nitrogen and oxygen atoms in total. The van der Waals surface area contributed by atoms with Gasteiger partial charge >= 0.3 is 5.97 Å². The van der Waals surface area contributed by atoms with Gasteiger partial charge in [0.25, 0.3) is 0 Å². The molecule has 2 rings (SSSR count). The molecule has 2 aliphatic rings. The molecule has 0 heterocycles. The molecule has 0 spiro atoms. The van der Waals surface area contributed by atoms with Crippen LogP contribution in [0.5, 0.6) is 0 Å². The average molecular weight is 197 g/mol. The van der Waals surface area contributed by atoms with Crippen molar-refractivity contribution in [3.8, 4) is 0 Å². The van der Waals surface area contributed by atoms with E-state index in [9.17, 15) is 4.79 Å². The van der Waals surface area contributed by atoms with Crippen molar-refractivity contribution in [2.75, 3.05) is 6.54 Å². The monoisotopic (exact) mass is 197 g/mol. The lowest BCUT2D eigenvalue weighted by Crippen LogP contribution is -2.46. The van der Waals surface area contributed by atoms with Crippen LogP contribution in [0.3, 0.4) is 0 Å². The summed E-state index contributed by atoms with van der Waals surface area (Å²) in [6.45, 7) is 3.12. The van der Waals surface area contributed by atoms with E-state index in [2.05, 4.69) is 12.2 Å². The highest BCUT2D eigenvalue weighted by Gasteiger charge is 2.38. The Bertz CT molecular complexity index is 231. The molecule has 0 radical (unpaired) electrons. The smallest absolute Gasteiger partial charge is 0.320 e. The summed E-state index contributed by atoms with van der Waals surface area (Å²) >= 11 is 0. The second-order valence-electron chi connectivity index (χ2n) is 5.20. The van der Waals surface area contributed by atoms with Crippen molar-refractivity contribution in [1.29, 1.82) is 0 Å². The lowest BCUT2D eigenvalue weighted by molar-refractivity contribution is -0.140. The maximum atomic E-state index is 10.9. The molecule has 2 aliphatic carbocycles. The molecule has 0 aliphatic heterocycles. The molecule has 1 atom stereocenters. The third-order valence-electron chi connectivity index (χ3n) is 3.67. The van der Waals surface area contributed by atoms with Gasteiger partial charge in [-0.15, -0.1) is 0 Å². The molecule has 0 saturated heterocycles. The summed E-state index contributed by atoms with van der Waals surface area (Å²) in [5.41, 5.74) is 0.378. The van der Waals surface area contributed by atoms with Crippen molar-refractivity contribution in [3.63, 3.8) is 0 Å². The first kappa shape index (κ1) is 9.97. The minimum atomic E-state index is -0.671. The summed E-state index contributed by atoms with van der Waals surface area (Å²) in [5.74, 6) is -0.272.